The number of sulfone groups is 1. The van der Waals surface area contributed by atoms with Gasteiger partial charge < -0.3 is 15.4 Å². The third-order valence-corrected chi connectivity index (χ3v) is 5.84. The third-order valence-electron chi connectivity index (χ3n) is 4.71. The first-order chi connectivity index (χ1) is 14.3. The molecule has 0 aliphatic rings. The van der Waals surface area contributed by atoms with Gasteiger partial charge in [-0.2, -0.15) is 0 Å². The summed E-state index contributed by atoms with van der Waals surface area (Å²) in [5, 5.41) is 6.57. The molecule has 0 radical (unpaired) electrons. The van der Waals surface area contributed by atoms with E-state index >= 15 is 0 Å². The van der Waals surface area contributed by atoms with Gasteiger partial charge in [0.1, 0.15) is 5.75 Å². The number of benzene rings is 2. The Bertz CT molecular complexity index is 939. The lowest BCUT2D eigenvalue weighted by atomic mass is 10.1. The van der Waals surface area contributed by atoms with E-state index in [1.807, 2.05) is 0 Å². The van der Waals surface area contributed by atoms with E-state index in [4.69, 9.17) is 4.74 Å². The average molecular weight is 432 g/mol. The number of hydrogen-bond acceptors (Lipinski definition) is 4. The second-order valence-corrected chi connectivity index (χ2v) is 9.38. The maximum Gasteiger partial charge on any atom is 0.191 e. The molecule has 7 heteroatoms. The van der Waals surface area contributed by atoms with Crippen LogP contribution in [-0.4, -0.2) is 34.3 Å². The van der Waals surface area contributed by atoms with E-state index in [1.165, 1.54) is 24.7 Å². The normalized spacial score (nSPS) is 11.9. The van der Waals surface area contributed by atoms with Gasteiger partial charge in [-0.15, -0.1) is 0 Å². The van der Waals surface area contributed by atoms with Gasteiger partial charge in [0, 0.05) is 32.0 Å². The maximum atomic E-state index is 11.6. The van der Waals surface area contributed by atoms with Crippen LogP contribution >= 0.6 is 0 Å². The largest absolute Gasteiger partial charge is 0.493 e. The van der Waals surface area contributed by atoms with Crippen LogP contribution in [0, 0.1) is 6.92 Å². The SMILES string of the molecule is CCCCCOc1cc(C)ccc1CNC(=NC)NCc1ccc(S(C)(=O)=O)cc1. The van der Waals surface area contributed by atoms with Crippen LogP contribution < -0.4 is 15.4 Å². The van der Waals surface area contributed by atoms with Gasteiger partial charge in [0.15, 0.2) is 15.8 Å². The molecule has 0 atom stereocenters. The summed E-state index contributed by atoms with van der Waals surface area (Å²) in [6, 6.07) is 13.1. The van der Waals surface area contributed by atoms with Crippen molar-refractivity contribution in [1.82, 2.24) is 10.6 Å². The van der Waals surface area contributed by atoms with Gasteiger partial charge in [0.25, 0.3) is 0 Å². The molecule has 0 aliphatic carbocycles. The molecule has 6 nitrogen and oxygen atoms in total. The van der Waals surface area contributed by atoms with E-state index in [9.17, 15) is 8.42 Å². The zero-order chi connectivity index (χ0) is 22.0. The van der Waals surface area contributed by atoms with Crippen LogP contribution in [0.5, 0.6) is 5.75 Å². The van der Waals surface area contributed by atoms with Crippen molar-refractivity contribution in [2.45, 2.75) is 51.1 Å². The van der Waals surface area contributed by atoms with Crippen LogP contribution in [0.1, 0.15) is 42.9 Å². The molecule has 0 spiro atoms. The number of hydrogen-bond donors (Lipinski definition) is 2. The lowest BCUT2D eigenvalue weighted by Crippen LogP contribution is -2.36. The van der Waals surface area contributed by atoms with Crippen LogP contribution in [0.25, 0.3) is 0 Å². The smallest absolute Gasteiger partial charge is 0.191 e. The fourth-order valence-electron chi connectivity index (χ4n) is 2.92. The summed E-state index contributed by atoms with van der Waals surface area (Å²) in [6.45, 7) is 6.10. The first-order valence-electron chi connectivity index (χ1n) is 10.3. The van der Waals surface area contributed by atoms with Gasteiger partial charge in [-0.05, 0) is 42.7 Å². The van der Waals surface area contributed by atoms with Crippen LogP contribution in [0.4, 0.5) is 0 Å². The second kappa shape index (κ2) is 11.6. The molecule has 2 aromatic carbocycles. The van der Waals surface area contributed by atoms with Crippen molar-refractivity contribution >= 4 is 15.8 Å². The molecule has 0 aliphatic heterocycles. The number of ether oxygens (including phenoxy) is 1. The molecule has 0 amide bonds. The Balaban J connectivity index is 1.92. The van der Waals surface area contributed by atoms with Crippen molar-refractivity contribution in [1.29, 1.82) is 0 Å². The molecule has 2 N–H and O–H groups in total. The fourth-order valence-corrected chi connectivity index (χ4v) is 3.55. The highest BCUT2D eigenvalue weighted by Gasteiger charge is 2.08. The number of nitrogens with zero attached hydrogens (tertiary/aromatic N) is 1. The molecule has 30 heavy (non-hydrogen) atoms. The summed E-state index contributed by atoms with van der Waals surface area (Å²) in [7, 11) is -1.46. The first kappa shape index (κ1) is 23.7. The number of rotatable bonds is 10. The molecule has 0 saturated heterocycles. The van der Waals surface area contributed by atoms with Crippen LogP contribution in [0.3, 0.4) is 0 Å². The minimum atomic E-state index is -3.18. The lowest BCUT2D eigenvalue weighted by Gasteiger charge is -2.15. The van der Waals surface area contributed by atoms with Crippen molar-refractivity contribution in [3.63, 3.8) is 0 Å². The maximum absolute atomic E-state index is 11.6. The van der Waals surface area contributed by atoms with Crippen LogP contribution in [-0.2, 0) is 22.9 Å². The summed E-state index contributed by atoms with van der Waals surface area (Å²) in [5.41, 5.74) is 3.22. The summed E-state index contributed by atoms with van der Waals surface area (Å²) >= 11 is 0. The fraction of sp³-hybridized carbons (Fsp3) is 0.435. The Labute approximate surface area is 180 Å². The molecular weight excluding hydrogens is 398 g/mol. The zero-order valence-electron chi connectivity index (χ0n) is 18.4. The van der Waals surface area contributed by atoms with Gasteiger partial charge in [-0.25, -0.2) is 8.42 Å². The number of aliphatic imine (C=N–C) groups is 1. The Kier molecular flexibility index (Phi) is 9.17. The second-order valence-electron chi connectivity index (χ2n) is 7.36. The molecule has 0 unspecified atom stereocenters. The number of aryl methyl sites for hydroxylation is 1. The van der Waals surface area contributed by atoms with Gasteiger partial charge in [0.05, 0.1) is 11.5 Å². The highest BCUT2D eigenvalue weighted by Crippen LogP contribution is 2.21. The Morgan fingerprint density at radius 3 is 2.37 bits per heavy atom. The molecule has 0 aromatic heterocycles. The van der Waals surface area contributed by atoms with Crippen LogP contribution in [0.2, 0.25) is 0 Å². The van der Waals surface area contributed by atoms with E-state index < -0.39 is 9.84 Å². The molecular formula is C23H33N3O3S. The van der Waals surface area contributed by atoms with Gasteiger partial charge >= 0.3 is 0 Å². The van der Waals surface area contributed by atoms with Gasteiger partial charge in [0.2, 0.25) is 0 Å². The van der Waals surface area contributed by atoms with E-state index in [0.29, 0.717) is 23.9 Å². The van der Waals surface area contributed by atoms with Crippen molar-refractivity contribution in [2.75, 3.05) is 19.9 Å². The molecule has 2 rings (SSSR count). The van der Waals surface area contributed by atoms with E-state index in [0.717, 1.165) is 29.9 Å². The predicted molar refractivity (Wildman–Crippen MR) is 123 cm³/mol. The monoisotopic (exact) mass is 431 g/mol. The summed E-state index contributed by atoms with van der Waals surface area (Å²) < 4.78 is 29.1. The quantitative estimate of drug-likeness (QED) is 0.339. The van der Waals surface area contributed by atoms with Gasteiger partial charge in [-0.3, -0.25) is 4.99 Å². The lowest BCUT2D eigenvalue weighted by molar-refractivity contribution is 0.303. The first-order valence-corrected chi connectivity index (χ1v) is 12.2. The number of unbranched alkanes of at least 4 members (excludes halogenated alkanes) is 2. The highest BCUT2D eigenvalue weighted by molar-refractivity contribution is 7.90. The number of guanidine groups is 1. The topological polar surface area (TPSA) is 79.8 Å². The number of nitrogens with one attached hydrogen (secondary N) is 2. The molecule has 0 fully saturated rings. The predicted octanol–water partition coefficient (Wildman–Crippen LogP) is 3.83. The van der Waals surface area contributed by atoms with Crippen molar-refractivity contribution in [2.24, 2.45) is 4.99 Å². The Morgan fingerprint density at radius 2 is 1.73 bits per heavy atom. The summed E-state index contributed by atoms with van der Waals surface area (Å²) in [6.07, 6.45) is 4.60. The average Bonchev–Trinajstić information content (AvgIpc) is 2.72. The molecule has 0 bridgehead atoms. The minimum absolute atomic E-state index is 0.319. The molecule has 164 valence electrons. The summed E-state index contributed by atoms with van der Waals surface area (Å²) in [4.78, 5) is 4.59. The molecule has 0 saturated carbocycles. The van der Waals surface area contributed by atoms with E-state index in [1.54, 1.807) is 31.3 Å². The highest BCUT2D eigenvalue weighted by atomic mass is 32.2. The van der Waals surface area contributed by atoms with Crippen molar-refractivity contribution in [3.8, 4) is 5.75 Å². The molecule has 0 heterocycles. The molecule has 2 aromatic rings. The van der Waals surface area contributed by atoms with E-state index in [2.05, 4.69) is 47.7 Å². The van der Waals surface area contributed by atoms with Crippen molar-refractivity contribution < 1.29 is 13.2 Å². The summed E-state index contributed by atoms with van der Waals surface area (Å²) in [5.74, 6) is 1.57. The van der Waals surface area contributed by atoms with Crippen LogP contribution in [0.15, 0.2) is 52.4 Å². The Hall–Kier alpha value is -2.54. The zero-order valence-corrected chi connectivity index (χ0v) is 19.2. The third kappa shape index (κ3) is 7.71. The minimum Gasteiger partial charge on any atom is -0.493 e. The van der Waals surface area contributed by atoms with Crippen molar-refractivity contribution in [3.05, 3.63) is 59.2 Å². The standard InChI is InChI=1S/C23H33N3O3S/c1-5-6-7-14-29-22-15-18(2)8-11-20(22)17-26-23(24-3)25-16-19-9-12-21(13-10-19)30(4,27)28/h8-13,15H,5-7,14,16-17H2,1-4H3,(H2,24,25,26). The van der Waals surface area contributed by atoms with Gasteiger partial charge in [-0.1, -0.05) is 44.0 Å². The Morgan fingerprint density at radius 1 is 1.03 bits per heavy atom. The van der Waals surface area contributed by atoms with E-state index in [-0.39, 0.29) is 0 Å².